The minimum absolute atomic E-state index is 0.0437. The molecule has 3 N–H and O–H groups in total. The first-order valence-corrected chi connectivity index (χ1v) is 29.4. The maximum Gasteiger partial charge on any atom is 0.305 e. The fourth-order valence-corrected chi connectivity index (χ4v) is 8.82. The molecule has 2 unspecified atom stereocenters. The summed E-state index contributed by atoms with van der Waals surface area (Å²) < 4.78 is 5.41. The van der Waals surface area contributed by atoms with Crippen molar-refractivity contribution in [3.05, 3.63) is 48.6 Å². The average molecular weight is 941 g/mol. The van der Waals surface area contributed by atoms with E-state index in [0.717, 1.165) is 51.4 Å². The molecule has 0 rings (SSSR count). The molecule has 0 aromatic heterocycles. The van der Waals surface area contributed by atoms with Gasteiger partial charge in [-0.2, -0.15) is 0 Å². The second-order valence-corrected chi connectivity index (χ2v) is 20.0. The van der Waals surface area contributed by atoms with Gasteiger partial charge < -0.3 is 20.3 Å². The number of carbonyl (C=O) groups is 2. The monoisotopic (exact) mass is 940 g/mol. The highest BCUT2D eigenvalue weighted by Crippen LogP contribution is 2.16. The van der Waals surface area contributed by atoms with Crippen molar-refractivity contribution >= 4 is 11.9 Å². The van der Waals surface area contributed by atoms with Gasteiger partial charge >= 0.3 is 5.97 Å². The zero-order valence-corrected chi connectivity index (χ0v) is 44.6. The predicted octanol–water partition coefficient (Wildman–Crippen LogP) is 18.2. The third-order valence-corrected chi connectivity index (χ3v) is 13.3. The Labute approximate surface area is 416 Å². The van der Waals surface area contributed by atoms with Gasteiger partial charge in [0, 0.05) is 12.8 Å². The summed E-state index contributed by atoms with van der Waals surface area (Å²) in [5.74, 6) is -0.117. The molecule has 6 heteroatoms. The molecule has 0 aromatic rings. The van der Waals surface area contributed by atoms with Crippen molar-refractivity contribution < 1.29 is 24.5 Å². The van der Waals surface area contributed by atoms with Crippen LogP contribution in [0, 0.1) is 0 Å². The molecule has 2 atom stereocenters. The van der Waals surface area contributed by atoms with Gasteiger partial charge in [0.1, 0.15) is 0 Å². The highest BCUT2D eigenvalue weighted by atomic mass is 16.5. The SMILES string of the molecule is CCCCCCCCC/C=C\CCCCCCCC(=O)OCC/C=C\C/C=C\CCCCCCCCCCCCCCCCC(=O)NC(CO)C(O)/C=C/CCCCCCCCCCCCC. The second kappa shape index (κ2) is 56.4. The first kappa shape index (κ1) is 64.8. The van der Waals surface area contributed by atoms with Gasteiger partial charge in [-0.05, 0) is 77.0 Å². The van der Waals surface area contributed by atoms with Crippen LogP contribution in [0.3, 0.4) is 0 Å². The summed E-state index contributed by atoms with van der Waals surface area (Å²) in [6, 6.07) is -0.632. The Balaban J connectivity index is 3.48. The van der Waals surface area contributed by atoms with Crippen LogP contribution in [-0.4, -0.2) is 47.4 Å². The van der Waals surface area contributed by atoms with Crippen LogP contribution >= 0.6 is 0 Å². The normalized spacial score (nSPS) is 13.0. The van der Waals surface area contributed by atoms with Crippen LogP contribution in [0.2, 0.25) is 0 Å². The van der Waals surface area contributed by atoms with Gasteiger partial charge in [-0.25, -0.2) is 0 Å². The van der Waals surface area contributed by atoms with Gasteiger partial charge in [0.2, 0.25) is 5.91 Å². The number of ether oxygens (including phenoxy) is 1. The van der Waals surface area contributed by atoms with E-state index in [4.69, 9.17) is 4.74 Å². The zero-order chi connectivity index (χ0) is 48.6. The van der Waals surface area contributed by atoms with E-state index in [9.17, 15) is 19.8 Å². The molecule has 0 spiro atoms. The zero-order valence-electron chi connectivity index (χ0n) is 44.6. The first-order chi connectivity index (χ1) is 33.0. The van der Waals surface area contributed by atoms with Crippen molar-refractivity contribution in [2.75, 3.05) is 13.2 Å². The Morgan fingerprint density at radius 3 is 1.15 bits per heavy atom. The number of amides is 1. The molecule has 0 saturated carbocycles. The van der Waals surface area contributed by atoms with Gasteiger partial charge in [0.05, 0.1) is 25.4 Å². The molecule has 0 aliphatic carbocycles. The molecule has 0 bridgehead atoms. The summed E-state index contributed by atoms with van der Waals surface area (Å²) in [5, 5.41) is 23.1. The van der Waals surface area contributed by atoms with Crippen LogP contribution in [0.5, 0.6) is 0 Å². The molecular formula is C61H113NO5. The lowest BCUT2D eigenvalue weighted by molar-refractivity contribution is -0.143. The number of nitrogens with one attached hydrogen (secondary N) is 1. The minimum Gasteiger partial charge on any atom is -0.465 e. The number of aliphatic hydroxyl groups excluding tert-OH is 2. The number of rotatable bonds is 54. The second-order valence-electron chi connectivity index (χ2n) is 20.0. The smallest absolute Gasteiger partial charge is 0.305 e. The van der Waals surface area contributed by atoms with E-state index in [0.29, 0.717) is 19.4 Å². The fraction of sp³-hybridized carbons (Fsp3) is 0.836. The van der Waals surface area contributed by atoms with E-state index in [1.165, 1.54) is 225 Å². The standard InChI is InChI=1S/C61H113NO5/c1-3-5-7-9-11-13-15-17-18-27-31-35-39-43-47-51-55-61(66)67-56-52-48-44-40-36-32-28-25-23-21-19-20-22-24-26-30-34-38-42-46-50-54-60(65)62-58(57-63)59(64)53-49-45-41-37-33-29-16-14-12-10-8-6-4-2/h18,27,32,36,44,48-49,53,58-59,63-64H,3-17,19-26,28-31,33-35,37-43,45-47,50-52,54-57H2,1-2H3,(H,62,65)/b27-18-,36-32-,48-44-,53-49+. The van der Waals surface area contributed by atoms with Crippen LogP contribution < -0.4 is 5.32 Å². The van der Waals surface area contributed by atoms with Gasteiger partial charge in [-0.1, -0.05) is 262 Å². The van der Waals surface area contributed by atoms with Crippen molar-refractivity contribution in [3.63, 3.8) is 0 Å². The van der Waals surface area contributed by atoms with E-state index in [-0.39, 0.29) is 18.5 Å². The fourth-order valence-electron chi connectivity index (χ4n) is 8.82. The van der Waals surface area contributed by atoms with Gasteiger partial charge in [-0.3, -0.25) is 9.59 Å². The summed E-state index contributed by atoms with van der Waals surface area (Å²) in [6.45, 7) is 4.78. The summed E-state index contributed by atoms with van der Waals surface area (Å²) in [7, 11) is 0. The molecule has 67 heavy (non-hydrogen) atoms. The van der Waals surface area contributed by atoms with Gasteiger partial charge in [0.25, 0.3) is 0 Å². The number of hydrogen-bond acceptors (Lipinski definition) is 5. The molecule has 0 aromatic carbocycles. The molecular weight excluding hydrogens is 827 g/mol. The highest BCUT2D eigenvalue weighted by molar-refractivity contribution is 5.76. The van der Waals surface area contributed by atoms with Crippen LogP contribution in [0.4, 0.5) is 0 Å². The van der Waals surface area contributed by atoms with Crippen molar-refractivity contribution in [2.45, 2.75) is 315 Å². The largest absolute Gasteiger partial charge is 0.465 e. The molecule has 0 heterocycles. The Bertz CT molecular complexity index is 1130. The van der Waals surface area contributed by atoms with E-state index in [2.05, 4.69) is 55.6 Å². The van der Waals surface area contributed by atoms with E-state index < -0.39 is 12.1 Å². The summed E-state index contributed by atoms with van der Waals surface area (Å²) in [4.78, 5) is 24.5. The molecule has 392 valence electrons. The number of carbonyl (C=O) groups excluding carboxylic acids is 2. The third-order valence-electron chi connectivity index (χ3n) is 13.3. The number of hydrogen-bond donors (Lipinski definition) is 3. The summed E-state index contributed by atoms with van der Waals surface area (Å²) in [5.41, 5.74) is 0. The van der Waals surface area contributed by atoms with Crippen molar-refractivity contribution in [1.82, 2.24) is 5.32 Å². The Kier molecular flexibility index (Phi) is 54.6. The lowest BCUT2D eigenvalue weighted by atomic mass is 10.0. The Morgan fingerprint density at radius 2 is 0.746 bits per heavy atom. The van der Waals surface area contributed by atoms with Crippen LogP contribution in [0.1, 0.15) is 303 Å². The topological polar surface area (TPSA) is 95.9 Å². The molecule has 6 nitrogen and oxygen atoms in total. The minimum atomic E-state index is -0.848. The number of aliphatic hydroxyl groups is 2. The van der Waals surface area contributed by atoms with Crippen molar-refractivity contribution in [3.8, 4) is 0 Å². The predicted molar refractivity (Wildman–Crippen MR) is 292 cm³/mol. The number of allylic oxidation sites excluding steroid dienone is 6. The lowest BCUT2D eigenvalue weighted by Crippen LogP contribution is -2.45. The summed E-state index contributed by atoms with van der Waals surface area (Å²) in [6.07, 6.45) is 71.5. The maximum atomic E-state index is 12.4. The van der Waals surface area contributed by atoms with E-state index in [1.807, 2.05) is 6.08 Å². The highest BCUT2D eigenvalue weighted by Gasteiger charge is 2.18. The molecule has 0 aliphatic heterocycles. The first-order valence-electron chi connectivity index (χ1n) is 29.4. The molecule has 0 radical (unpaired) electrons. The molecule has 0 saturated heterocycles. The van der Waals surface area contributed by atoms with E-state index >= 15 is 0 Å². The number of esters is 1. The van der Waals surface area contributed by atoms with Gasteiger partial charge in [-0.15, -0.1) is 0 Å². The summed E-state index contributed by atoms with van der Waals surface area (Å²) >= 11 is 0. The van der Waals surface area contributed by atoms with Crippen molar-refractivity contribution in [2.24, 2.45) is 0 Å². The quantitative estimate of drug-likeness (QED) is 0.0321. The molecule has 0 fully saturated rings. The Morgan fingerprint density at radius 1 is 0.418 bits per heavy atom. The van der Waals surface area contributed by atoms with Gasteiger partial charge in [0.15, 0.2) is 0 Å². The molecule has 0 aliphatic rings. The number of unbranched alkanes of at least 4 members (excludes halogenated alkanes) is 37. The third kappa shape index (κ3) is 53.0. The van der Waals surface area contributed by atoms with Crippen LogP contribution in [-0.2, 0) is 14.3 Å². The maximum absolute atomic E-state index is 12.4. The van der Waals surface area contributed by atoms with Crippen LogP contribution in [0.25, 0.3) is 0 Å². The Hall–Kier alpha value is -2.18. The average Bonchev–Trinajstić information content (AvgIpc) is 3.33. The van der Waals surface area contributed by atoms with Crippen molar-refractivity contribution in [1.29, 1.82) is 0 Å². The van der Waals surface area contributed by atoms with E-state index in [1.54, 1.807) is 6.08 Å². The lowest BCUT2D eigenvalue weighted by Gasteiger charge is -2.20. The molecule has 1 amide bonds. The van der Waals surface area contributed by atoms with Crippen LogP contribution in [0.15, 0.2) is 48.6 Å².